The molecule has 5 nitrogen and oxygen atoms in total. The molecular weight excluding hydrogens is 238 g/mol. The molecule has 1 rings (SSSR count). The minimum absolute atomic E-state index is 0.187. The Labute approximate surface area is 103 Å². The highest BCUT2D eigenvalue weighted by molar-refractivity contribution is 7.91. The third kappa shape index (κ3) is 5.32. The van der Waals surface area contributed by atoms with Crippen LogP contribution in [0.15, 0.2) is 12.5 Å². The van der Waals surface area contributed by atoms with Crippen molar-refractivity contribution in [3.63, 3.8) is 0 Å². The molecule has 0 bridgehead atoms. The van der Waals surface area contributed by atoms with E-state index in [1.54, 1.807) is 13.3 Å². The first kappa shape index (κ1) is 14.2. The smallest absolute Gasteiger partial charge is 0.151 e. The molecule has 0 unspecified atom stereocenters. The first-order chi connectivity index (χ1) is 8.07. The molecule has 0 fully saturated rings. The standard InChI is InChI=1S/C11H21N3O2S/c1-3-12-6-5-11-9-14(10-13-11)7-8-17(15,16)4-2/h9-10,12H,3-8H2,1-2H3. The Balaban J connectivity index is 2.40. The summed E-state index contributed by atoms with van der Waals surface area (Å²) in [6.45, 7) is 6.08. The Morgan fingerprint density at radius 3 is 2.82 bits per heavy atom. The largest absolute Gasteiger partial charge is 0.336 e. The fourth-order valence-electron chi connectivity index (χ4n) is 1.44. The Kier molecular flexibility index (Phi) is 5.64. The summed E-state index contributed by atoms with van der Waals surface area (Å²) in [5.74, 6) is 0.390. The normalized spacial score (nSPS) is 11.9. The molecule has 98 valence electrons. The Bertz CT molecular complexity index is 426. The van der Waals surface area contributed by atoms with Crippen LogP contribution in [0.5, 0.6) is 0 Å². The van der Waals surface area contributed by atoms with Crippen molar-refractivity contribution in [2.75, 3.05) is 24.6 Å². The summed E-state index contributed by atoms with van der Waals surface area (Å²) >= 11 is 0. The molecule has 0 amide bonds. The maximum absolute atomic E-state index is 11.3. The molecule has 0 aliphatic rings. The molecule has 0 aromatic carbocycles. The molecule has 0 aliphatic heterocycles. The van der Waals surface area contributed by atoms with Gasteiger partial charge in [-0.05, 0) is 6.54 Å². The first-order valence-electron chi connectivity index (χ1n) is 5.99. The van der Waals surface area contributed by atoms with Crippen molar-refractivity contribution in [3.8, 4) is 0 Å². The van der Waals surface area contributed by atoms with E-state index in [1.807, 2.05) is 10.8 Å². The van der Waals surface area contributed by atoms with Crippen LogP contribution >= 0.6 is 0 Å². The minimum Gasteiger partial charge on any atom is -0.336 e. The van der Waals surface area contributed by atoms with Gasteiger partial charge < -0.3 is 9.88 Å². The van der Waals surface area contributed by atoms with Crippen LogP contribution in [-0.4, -0.2) is 42.6 Å². The average molecular weight is 259 g/mol. The van der Waals surface area contributed by atoms with Gasteiger partial charge in [-0.2, -0.15) is 0 Å². The van der Waals surface area contributed by atoms with Gasteiger partial charge in [0.2, 0.25) is 0 Å². The predicted octanol–water partition coefficient (Wildman–Crippen LogP) is 0.470. The van der Waals surface area contributed by atoms with Crippen molar-refractivity contribution in [2.45, 2.75) is 26.8 Å². The Hall–Kier alpha value is -0.880. The molecular formula is C11H21N3O2S. The second kappa shape index (κ2) is 6.76. The summed E-state index contributed by atoms with van der Waals surface area (Å²) in [5, 5.41) is 3.23. The number of hydrogen-bond acceptors (Lipinski definition) is 4. The molecule has 17 heavy (non-hydrogen) atoms. The highest BCUT2D eigenvalue weighted by Gasteiger charge is 2.07. The van der Waals surface area contributed by atoms with Crippen molar-refractivity contribution in [1.82, 2.24) is 14.9 Å². The molecule has 0 saturated carbocycles. The zero-order chi connectivity index (χ0) is 12.7. The number of aromatic nitrogens is 2. The van der Waals surface area contributed by atoms with Gasteiger partial charge in [-0.3, -0.25) is 0 Å². The number of likely N-dealkylation sites (N-methyl/N-ethyl adjacent to an activating group) is 1. The van der Waals surface area contributed by atoms with Gasteiger partial charge in [-0.1, -0.05) is 13.8 Å². The average Bonchev–Trinajstić information content (AvgIpc) is 2.75. The van der Waals surface area contributed by atoms with Crippen molar-refractivity contribution in [1.29, 1.82) is 0 Å². The van der Waals surface area contributed by atoms with Gasteiger partial charge in [0.05, 0.1) is 17.8 Å². The summed E-state index contributed by atoms with van der Waals surface area (Å²) in [6.07, 6.45) is 4.50. The van der Waals surface area contributed by atoms with Gasteiger partial charge in [0.25, 0.3) is 0 Å². The van der Waals surface area contributed by atoms with E-state index in [4.69, 9.17) is 0 Å². The van der Waals surface area contributed by atoms with Crippen LogP contribution in [-0.2, 0) is 22.8 Å². The lowest BCUT2D eigenvalue weighted by atomic mass is 10.3. The van der Waals surface area contributed by atoms with Gasteiger partial charge in [0, 0.05) is 31.5 Å². The summed E-state index contributed by atoms with van der Waals surface area (Å²) < 4.78 is 24.5. The van der Waals surface area contributed by atoms with Crippen molar-refractivity contribution < 1.29 is 8.42 Å². The Morgan fingerprint density at radius 2 is 2.18 bits per heavy atom. The number of imidazole rings is 1. The van der Waals surface area contributed by atoms with Crippen molar-refractivity contribution >= 4 is 9.84 Å². The van der Waals surface area contributed by atoms with Crippen LogP contribution < -0.4 is 5.32 Å². The lowest BCUT2D eigenvalue weighted by Crippen LogP contribution is -2.16. The number of nitrogens with zero attached hydrogens (tertiary/aromatic N) is 2. The van der Waals surface area contributed by atoms with E-state index in [9.17, 15) is 8.42 Å². The Morgan fingerprint density at radius 1 is 1.41 bits per heavy atom. The quantitative estimate of drug-likeness (QED) is 0.689. The van der Waals surface area contributed by atoms with Gasteiger partial charge in [-0.15, -0.1) is 0 Å². The third-order valence-corrected chi connectivity index (χ3v) is 4.28. The highest BCUT2D eigenvalue weighted by atomic mass is 32.2. The predicted molar refractivity (Wildman–Crippen MR) is 68.8 cm³/mol. The second-order valence-electron chi connectivity index (χ2n) is 3.94. The van der Waals surface area contributed by atoms with E-state index in [1.165, 1.54) is 0 Å². The highest BCUT2D eigenvalue weighted by Crippen LogP contribution is 1.99. The van der Waals surface area contributed by atoms with Crippen LogP contribution in [0.4, 0.5) is 0 Å². The van der Waals surface area contributed by atoms with Gasteiger partial charge >= 0.3 is 0 Å². The summed E-state index contributed by atoms with van der Waals surface area (Å²) in [7, 11) is -2.89. The maximum atomic E-state index is 11.3. The van der Waals surface area contributed by atoms with E-state index in [-0.39, 0.29) is 11.5 Å². The van der Waals surface area contributed by atoms with E-state index in [0.717, 1.165) is 25.2 Å². The molecule has 0 radical (unpaired) electrons. The zero-order valence-electron chi connectivity index (χ0n) is 10.5. The number of rotatable bonds is 8. The summed E-state index contributed by atoms with van der Waals surface area (Å²) in [4.78, 5) is 4.24. The van der Waals surface area contributed by atoms with E-state index >= 15 is 0 Å². The van der Waals surface area contributed by atoms with Crippen molar-refractivity contribution in [2.24, 2.45) is 0 Å². The van der Waals surface area contributed by atoms with Crippen molar-refractivity contribution in [3.05, 3.63) is 18.2 Å². The third-order valence-electron chi connectivity index (χ3n) is 2.59. The van der Waals surface area contributed by atoms with E-state index < -0.39 is 9.84 Å². The van der Waals surface area contributed by atoms with Gasteiger partial charge in [-0.25, -0.2) is 13.4 Å². The molecule has 1 aromatic heterocycles. The monoisotopic (exact) mass is 259 g/mol. The molecule has 0 spiro atoms. The molecule has 0 atom stereocenters. The number of sulfone groups is 1. The van der Waals surface area contributed by atoms with Gasteiger partial charge in [0.15, 0.2) is 9.84 Å². The molecule has 0 saturated heterocycles. The fraction of sp³-hybridized carbons (Fsp3) is 0.727. The zero-order valence-corrected chi connectivity index (χ0v) is 11.3. The number of aryl methyl sites for hydroxylation is 1. The minimum atomic E-state index is -2.89. The van der Waals surface area contributed by atoms with E-state index in [0.29, 0.717) is 6.54 Å². The van der Waals surface area contributed by atoms with Crippen LogP contribution in [0.2, 0.25) is 0 Å². The maximum Gasteiger partial charge on any atom is 0.151 e. The first-order valence-corrected chi connectivity index (χ1v) is 7.81. The fourth-order valence-corrected chi connectivity index (χ4v) is 2.22. The summed E-state index contributed by atoms with van der Waals surface area (Å²) in [6, 6.07) is 0. The topological polar surface area (TPSA) is 64.0 Å². The molecule has 1 N–H and O–H groups in total. The molecule has 6 heteroatoms. The van der Waals surface area contributed by atoms with Crippen LogP contribution in [0.25, 0.3) is 0 Å². The lowest BCUT2D eigenvalue weighted by molar-refractivity contribution is 0.590. The van der Waals surface area contributed by atoms with Gasteiger partial charge in [0.1, 0.15) is 0 Å². The number of nitrogens with one attached hydrogen (secondary N) is 1. The summed E-state index contributed by atoms with van der Waals surface area (Å²) in [5.41, 5.74) is 1.000. The van der Waals surface area contributed by atoms with Crippen LogP contribution in [0, 0.1) is 0 Å². The van der Waals surface area contributed by atoms with E-state index in [2.05, 4.69) is 17.2 Å². The SMILES string of the molecule is CCNCCc1cn(CCS(=O)(=O)CC)cn1. The molecule has 1 heterocycles. The van der Waals surface area contributed by atoms with Crippen LogP contribution in [0.1, 0.15) is 19.5 Å². The lowest BCUT2D eigenvalue weighted by Gasteiger charge is -2.02. The van der Waals surface area contributed by atoms with Crippen LogP contribution in [0.3, 0.4) is 0 Å². The molecule has 0 aliphatic carbocycles. The second-order valence-corrected chi connectivity index (χ2v) is 6.42. The molecule has 1 aromatic rings. The number of hydrogen-bond donors (Lipinski definition) is 1.